The zero-order valence-corrected chi connectivity index (χ0v) is 19.4. The van der Waals surface area contributed by atoms with E-state index in [4.69, 9.17) is 4.74 Å². The number of piperidine rings is 1. The number of nitrogens with zero attached hydrogens (tertiary/aromatic N) is 4. The number of pyridine rings is 1. The molecule has 0 amide bonds. The smallest absolute Gasteiger partial charge is 0.258 e. The largest absolute Gasteiger partial charge is 0.490 e. The third-order valence-corrected chi connectivity index (χ3v) is 6.61. The van der Waals surface area contributed by atoms with E-state index in [1.54, 1.807) is 24.4 Å². The molecule has 1 saturated heterocycles. The molecule has 0 bridgehead atoms. The Morgan fingerprint density at radius 2 is 1.73 bits per heavy atom. The van der Waals surface area contributed by atoms with Crippen molar-refractivity contribution in [3.8, 4) is 11.4 Å². The first-order valence-corrected chi connectivity index (χ1v) is 12.6. The van der Waals surface area contributed by atoms with Crippen LogP contribution in [0.4, 0.5) is 5.95 Å². The number of hydrogen-bond donors (Lipinski definition) is 0. The van der Waals surface area contributed by atoms with Crippen LogP contribution in [-0.4, -0.2) is 48.4 Å². The number of aromatic nitrogens is 3. The first-order valence-electron chi connectivity index (χ1n) is 10.7. The predicted octanol–water partition coefficient (Wildman–Crippen LogP) is 3.11. The van der Waals surface area contributed by atoms with Crippen LogP contribution >= 0.6 is 0 Å². The van der Waals surface area contributed by atoms with Gasteiger partial charge in [-0.2, -0.15) is 0 Å². The number of sulfone groups is 1. The van der Waals surface area contributed by atoms with E-state index < -0.39 is 9.84 Å². The lowest BCUT2D eigenvalue weighted by molar-refractivity contribution is 0.170. The normalized spacial score (nSPS) is 15.2. The highest BCUT2D eigenvalue weighted by Gasteiger charge is 2.22. The first-order chi connectivity index (χ1) is 15.8. The number of hydrogen-bond acceptors (Lipinski definition) is 7. The molecule has 1 fully saturated rings. The molecule has 0 saturated carbocycles. The number of allylic oxidation sites excluding steroid dienone is 1. The van der Waals surface area contributed by atoms with Gasteiger partial charge in [0.05, 0.1) is 4.90 Å². The lowest BCUT2D eigenvalue weighted by Crippen LogP contribution is -2.39. The van der Waals surface area contributed by atoms with Crippen molar-refractivity contribution < 1.29 is 13.2 Å². The maximum absolute atomic E-state index is 12.6. The zero-order valence-electron chi connectivity index (χ0n) is 18.6. The summed E-state index contributed by atoms with van der Waals surface area (Å²) in [6, 6.07) is 9.42. The van der Waals surface area contributed by atoms with E-state index >= 15 is 0 Å². The molecule has 0 radical (unpaired) electrons. The van der Waals surface area contributed by atoms with Crippen molar-refractivity contribution in [3.63, 3.8) is 0 Å². The maximum Gasteiger partial charge on any atom is 0.258 e. The van der Waals surface area contributed by atoms with Gasteiger partial charge >= 0.3 is 0 Å². The minimum atomic E-state index is -3.28. The Labute approximate surface area is 193 Å². The lowest BCUT2D eigenvalue weighted by Gasteiger charge is -2.32. The second-order valence-electron chi connectivity index (χ2n) is 7.96. The van der Waals surface area contributed by atoms with Crippen molar-refractivity contribution in [2.75, 3.05) is 24.2 Å². The van der Waals surface area contributed by atoms with Gasteiger partial charge in [-0.1, -0.05) is 12.2 Å². The summed E-state index contributed by atoms with van der Waals surface area (Å²) >= 11 is 0. The third-order valence-electron chi connectivity index (χ3n) is 5.48. The first kappa shape index (κ1) is 22.7. The summed E-state index contributed by atoms with van der Waals surface area (Å²) in [5, 5.41) is 0. The number of benzene rings is 1. The molecule has 0 N–H and O–H groups in total. The van der Waals surface area contributed by atoms with Crippen molar-refractivity contribution in [1.29, 1.82) is 0 Å². The van der Waals surface area contributed by atoms with Crippen LogP contribution in [0.5, 0.6) is 5.75 Å². The highest BCUT2D eigenvalue weighted by atomic mass is 32.2. The molecule has 8 nitrogen and oxygen atoms in total. The fraction of sp³-hybridized carbons (Fsp3) is 0.292. The predicted molar refractivity (Wildman–Crippen MR) is 128 cm³/mol. The Bertz CT molecular complexity index is 1290. The average Bonchev–Trinajstić information content (AvgIpc) is 2.80. The molecule has 0 unspecified atom stereocenters. The van der Waals surface area contributed by atoms with Crippen LogP contribution in [0.25, 0.3) is 11.8 Å². The molecule has 3 heterocycles. The topological polar surface area (TPSA) is 94.4 Å². The molecule has 3 aromatic rings. The molecular weight excluding hydrogens is 440 g/mol. The van der Waals surface area contributed by atoms with E-state index in [-0.39, 0.29) is 16.6 Å². The Hall–Kier alpha value is -3.46. The van der Waals surface area contributed by atoms with Gasteiger partial charge in [-0.3, -0.25) is 9.36 Å². The minimum absolute atomic E-state index is 0.00726. The van der Waals surface area contributed by atoms with Gasteiger partial charge in [0, 0.05) is 68.1 Å². The van der Waals surface area contributed by atoms with Gasteiger partial charge in [-0.25, -0.2) is 18.4 Å². The monoisotopic (exact) mass is 466 g/mol. The summed E-state index contributed by atoms with van der Waals surface area (Å²) in [5.74, 6) is 1.24. The van der Waals surface area contributed by atoms with Gasteiger partial charge in [-0.15, -0.1) is 0 Å². The Morgan fingerprint density at radius 3 is 2.30 bits per heavy atom. The van der Waals surface area contributed by atoms with Crippen LogP contribution < -0.4 is 15.2 Å². The van der Waals surface area contributed by atoms with Crippen LogP contribution in [0.2, 0.25) is 0 Å². The Balaban J connectivity index is 1.37. The molecule has 4 rings (SSSR count). The molecule has 0 atom stereocenters. The van der Waals surface area contributed by atoms with Gasteiger partial charge in [0.1, 0.15) is 11.9 Å². The van der Waals surface area contributed by atoms with Gasteiger partial charge in [0.15, 0.2) is 9.84 Å². The molecule has 33 heavy (non-hydrogen) atoms. The van der Waals surface area contributed by atoms with E-state index in [0.29, 0.717) is 17.4 Å². The Morgan fingerprint density at radius 1 is 1.06 bits per heavy atom. The SMILES string of the molecule is CC=Cc1cnc(N2CCC(Oc3ccn(-c4ccc(S(C)(=O)=O)cc4)c(=O)c3)CC2)nc1. The maximum atomic E-state index is 12.6. The quantitative estimate of drug-likeness (QED) is 0.551. The summed E-state index contributed by atoms with van der Waals surface area (Å²) < 4.78 is 30.8. The van der Waals surface area contributed by atoms with Crippen LogP contribution in [0.1, 0.15) is 25.3 Å². The fourth-order valence-electron chi connectivity index (χ4n) is 3.74. The minimum Gasteiger partial charge on any atom is -0.490 e. The number of ether oxygens (including phenoxy) is 1. The van der Waals surface area contributed by atoms with Crippen molar-refractivity contribution in [3.05, 3.63) is 77.0 Å². The lowest BCUT2D eigenvalue weighted by atomic mass is 10.1. The summed E-state index contributed by atoms with van der Waals surface area (Å²) in [6.45, 7) is 3.51. The van der Waals surface area contributed by atoms with E-state index in [1.165, 1.54) is 22.8 Å². The van der Waals surface area contributed by atoms with Gasteiger partial charge in [0.25, 0.3) is 5.56 Å². The molecule has 9 heteroatoms. The number of anilines is 1. The fourth-order valence-corrected chi connectivity index (χ4v) is 4.37. The van der Waals surface area contributed by atoms with E-state index in [1.807, 2.05) is 31.5 Å². The second kappa shape index (κ2) is 9.58. The van der Waals surface area contributed by atoms with E-state index in [0.717, 1.165) is 37.8 Å². The molecular formula is C24H26N4O4S. The molecule has 1 aliphatic rings. The highest BCUT2D eigenvalue weighted by molar-refractivity contribution is 7.90. The van der Waals surface area contributed by atoms with E-state index in [2.05, 4.69) is 14.9 Å². The highest BCUT2D eigenvalue weighted by Crippen LogP contribution is 2.21. The van der Waals surface area contributed by atoms with Crippen LogP contribution in [-0.2, 0) is 9.84 Å². The van der Waals surface area contributed by atoms with Crippen molar-refractivity contribution in [2.24, 2.45) is 0 Å². The second-order valence-corrected chi connectivity index (χ2v) is 9.97. The zero-order chi connectivity index (χ0) is 23.4. The molecule has 1 aliphatic heterocycles. The molecule has 172 valence electrons. The van der Waals surface area contributed by atoms with Crippen molar-refractivity contribution in [2.45, 2.75) is 30.8 Å². The average molecular weight is 467 g/mol. The number of rotatable bonds is 6. The third kappa shape index (κ3) is 5.48. The van der Waals surface area contributed by atoms with Crippen LogP contribution in [0, 0.1) is 0 Å². The Kier molecular flexibility index (Phi) is 6.60. The molecule has 0 spiro atoms. The van der Waals surface area contributed by atoms with Crippen molar-refractivity contribution >= 4 is 21.9 Å². The van der Waals surface area contributed by atoms with E-state index in [9.17, 15) is 13.2 Å². The van der Waals surface area contributed by atoms with Crippen molar-refractivity contribution in [1.82, 2.24) is 14.5 Å². The molecule has 0 aliphatic carbocycles. The van der Waals surface area contributed by atoms with Gasteiger partial charge in [-0.05, 0) is 37.3 Å². The molecule has 2 aromatic heterocycles. The van der Waals surface area contributed by atoms with Gasteiger partial charge in [0.2, 0.25) is 5.95 Å². The molecule has 1 aromatic carbocycles. The van der Waals surface area contributed by atoms with Crippen LogP contribution in [0.15, 0.2) is 70.8 Å². The standard InChI is InChI=1S/C24H26N4O4S/c1-3-4-18-16-25-24(26-17-18)27-12-9-20(10-13-27)32-21-11-14-28(23(29)15-21)19-5-7-22(8-6-19)33(2,30)31/h3-8,11,14-17,20H,9-10,12-13H2,1-2H3. The van der Waals surface area contributed by atoms with Crippen LogP contribution in [0.3, 0.4) is 0 Å². The summed E-state index contributed by atoms with van der Waals surface area (Å²) in [7, 11) is -3.28. The van der Waals surface area contributed by atoms with Gasteiger partial charge < -0.3 is 9.64 Å². The summed E-state index contributed by atoms with van der Waals surface area (Å²) in [6.07, 6.45) is 11.9. The summed E-state index contributed by atoms with van der Waals surface area (Å²) in [4.78, 5) is 23.8. The summed E-state index contributed by atoms with van der Waals surface area (Å²) in [5.41, 5.74) is 1.32.